The second-order valence-electron chi connectivity index (χ2n) is 5.23. The Morgan fingerprint density at radius 3 is 2.58 bits per heavy atom. The number of hydrogen-bond acceptors (Lipinski definition) is 3. The van der Waals surface area contributed by atoms with E-state index in [9.17, 15) is 4.39 Å². The van der Waals surface area contributed by atoms with Crippen molar-refractivity contribution in [3.63, 3.8) is 0 Å². The summed E-state index contributed by atoms with van der Waals surface area (Å²) in [5.74, 6) is 0.435. The molecule has 0 atom stereocenters. The lowest BCUT2D eigenvalue weighted by Gasteiger charge is -2.09. The second kappa shape index (κ2) is 5.94. The molecule has 3 aromatic heterocycles. The van der Waals surface area contributed by atoms with Crippen molar-refractivity contribution in [2.75, 3.05) is 5.32 Å². The number of halogens is 2. The molecule has 0 unspecified atom stereocenters. The third-order valence-electron chi connectivity index (χ3n) is 3.60. The van der Waals surface area contributed by atoms with Crippen LogP contribution in [0.4, 0.5) is 15.9 Å². The van der Waals surface area contributed by atoms with E-state index in [2.05, 4.69) is 15.3 Å². The zero-order valence-corrected chi connectivity index (χ0v) is 13.2. The van der Waals surface area contributed by atoms with Gasteiger partial charge in [-0.1, -0.05) is 17.7 Å². The summed E-state index contributed by atoms with van der Waals surface area (Å²) in [4.78, 5) is 9.02. The summed E-state index contributed by atoms with van der Waals surface area (Å²) in [6.45, 7) is 0. The summed E-state index contributed by atoms with van der Waals surface area (Å²) in [5.41, 5.74) is 2.92. The standard InChI is InChI=1S/C18H12ClFN4/c19-12-4-9-16-23-17(15-3-1-2-10-21-15)18(24(16)11-12)22-14-7-5-13(20)6-8-14/h1-11,22H. The highest BCUT2D eigenvalue weighted by Gasteiger charge is 2.15. The molecule has 0 radical (unpaired) electrons. The van der Waals surface area contributed by atoms with Crippen LogP contribution in [0.3, 0.4) is 0 Å². The van der Waals surface area contributed by atoms with Crippen molar-refractivity contribution < 1.29 is 4.39 Å². The largest absolute Gasteiger partial charge is 0.339 e. The van der Waals surface area contributed by atoms with Gasteiger partial charge in [0.05, 0.1) is 10.7 Å². The van der Waals surface area contributed by atoms with Crippen LogP contribution >= 0.6 is 11.6 Å². The zero-order chi connectivity index (χ0) is 16.5. The molecule has 0 bridgehead atoms. The van der Waals surface area contributed by atoms with Crippen molar-refractivity contribution in [2.24, 2.45) is 0 Å². The number of imidazole rings is 1. The fourth-order valence-electron chi connectivity index (χ4n) is 2.49. The van der Waals surface area contributed by atoms with Gasteiger partial charge in [0, 0.05) is 18.1 Å². The van der Waals surface area contributed by atoms with Crippen molar-refractivity contribution in [3.05, 3.63) is 77.8 Å². The van der Waals surface area contributed by atoms with Gasteiger partial charge in [-0.3, -0.25) is 9.38 Å². The van der Waals surface area contributed by atoms with E-state index in [-0.39, 0.29) is 5.82 Å². The second-order valence-corrected chi connectivity index (χ2v) is 5.67. The number of pyridine rings is 2. The molecule has 0 aliphatic carbocycles. The van der Waals surface area contributed by atoms with Gasteiger partial charge in [0.1, 0.15) is 23.0 Å². The normalized spacial score (nSPS) is 10.9. The highest BCUT2D eigenvalue weighted by atomic mass is 35.5. The Morgan fingerprint density at radius 1 is 1.00 bits per heavy atom. The van der Waals surface area contributed by atoms with Crippen LogP contribution in [-0.2, 0) is 0 Å². The third-order valence-corrected chi connectivity index (χ3v) is 3.82. The minimum absolute atomic E-state index is 0.285. The Labute approximate surface area is 142 Å². The maximum absolute atomic E-state index is 13.1. The minimum Gasteiger partial charge on any atom is -0.339 e. The molecule has 118 valence electrons. The predicted octanol–water partition coefficient (Wildman–Crippen LogP) is 4.93. The number of rotatable bonds is 3. The fourth-order valence-corrected chi connectivity index (χ4v) is 2.65. The monoisotopic (exact) mass is 338 g/mol. The zero-order valence-electron chi connectivity index (χ0n) is 12.4. The van der Waals surface area contributed by atoms with Gasteiger partial charge in [-0.2, -0.15) is 0 Å². The summed E-state index contributed by atoms with van der Waals surface area (Å²) in [5, 5.41) is 3.88. The molecule has 0 aliphatic heterocycles. The Bertz CT molecular complexity index is 997. The number of hydrogen-bond donors (Lipinski definition) is 1. The molecular formula is C18H12ClFN4. The first-order valence-electron chi connectivity index (χ1n) is 7.32. The highest BCUT2D eigenvalue weighted by Crippen LogP contribution is 2.30. The smallest absolute Gasteiger partial charge is 0.144 e. The Balaban J connectivity index is 1.90. The SMILES string of the molecule is Fc1ccc(Nc2c(-c3ccccn3)nc3ccc(Cl)cn23)cc1. The molecular weight excluding hydrogens is 327 g/mol. The van der Waals surface area contributed by atoms with Gasteiger partial charge in [-0.05, 0) is 48.5 Å². The molecule has 0 fully saturated rings. The van der Waals surface area contributed by atoms with E-state index < -0.39 is 0 Å². The summed E-state index contributed by atoms with van der Waals surface area (Å²) in [7, 11) is 0. The Hall–Kier alpha value is -2.92. The molecule has 24 heavy (non-hydrogen) atoms. The van der Waals surface area contributed by atoms with Gasteiger partial charge >= 0.3 is 0 Å². The number of benzene rings is 1. The number of fused-ring (bicyclic) bond motifs is 1. The van der Waals surface area contributed by atoms with Crippen LogP contribution in [0.1, 0.15) is 0 Å². The Kier molecular flexibility index (Phi) is 3.63. The first-order chi connectivity index (χ1) is 11.7. The Morgan fingerprint density at radius 2 is 1.83 bits per heavy atom. The van der Waals surface area contributed by atoms with E-state index in [0.29, 0.717) is 10.7 Å². The van der Waals surface area contributed by atoms with Crippen molar-refractivity contribution in [1.29, 1.82) is 0 Å². The lowest BCUT2D eigenvalue weighted by molar-refractivity contribution is 0.628. The van der Waals surface area contributed by atoms with E-state index in [1.807, 2.05) is 28.7 Å². The highest BCUT2D eigenvalue weighted by molar-refractivity contribution is 6.30. The van der Waals surface area contributed by atoms with Crippen LogP contribution in [-0.4, -0.2) is 14.4 Å². The summed E-state index contributed by atoms with van der Waals surface area (Å²) in [6.07, 6.45) is 3.50. The average Bonchev–Trinajstić information content (AvgIpc) is 2.95. The number of nitrogens with zero attached hydrogens (tertiary/aromatic N) is 3. The van der Waals surface area contributed by atoms with Crippen molar-refractivity contribution in [3.8, 4) is 11.4 Å². The fraction of sp³-hybridized carbons (Fsp3) is 0. The number of aromatic nitrogens is 3. The predicted molar refractivity (Wildman–Crippen MR) is 93.1 cm³/mol. The lowest BCUT2D eigenvalue weighted by Crippen LogP contribution is -1.97. The van der Waals surface area contributed by atoms with Crippen LogP contribution in [0.5, 0.6) is 0 Å². The van der Waals surface area contributed by atoms with Crippen molar-refractivity contribution >= 4 is 28.8 Å². The van der Waals surface area contributed by atoms with Crippen LogP contribution in [0.2, 0.25) is 5.02 Å². The molecule has 4 nitrogen and oxygen atoms in total. The van der Waals surface area contributed by atoms with Crippen LogP contribution in [0, 0.1) is 5.82 Å². The van der Waals surface area contributed by atoms with E-state index in [1.165, 1.54) is 12.1 Å². The molecule has 1 aromatic carbocycles. The molecule has 6 heteroatoms. The quantitative estimate of drug-likeness (QED) is 0.575. The van der Waals surface area contributed by atoms with Crippen LogP contribution < -0.4 is 5.32 Å². The molecule has 0 amide bonds. The van der Waals surface area contributed by atoms with Crippen LogP contribution in [0.25, 0.3) is 17.0 Å². The lowest BCUT2D eigenvalue weighted by atomic mass is 10.2. The molecule has 4 aromatic rings. The molecule has 0 saturated carbocycles. The van der Waals surface area contributed by atoms with E-state index in [0.717, 1.165) is 22.8 Å². The van der Waals surface area contributed by atoms with Crippen molar-refractivity contribution in [2.45, 2.75) is 0 Å². The molecule has 3 heterocycles. The van der Waals surface area contributed by atoms with Gasteiger partial charge in [0.25, 0.3) is 0 Å². The van der Waals surface area contributed by atoms with Gasteiger partial charge in [0.15, 0.2) is 0 Å². The molecule has 4 rings (SSSR count). The molecule has 1 N–H and O–H groups in total. The molecule has 0 spiro atoms. The van der Waals surface area contributed by atoms with Crippen LogP contribution in [0.15, 0.2) is 67.0 Å². The van der Waals surface area contributed by atoms with Gasteiger partial charge in [-0.15, -0.1) is 0 Å². The van der Waals surface area contributed by atoms with E-state index >= 15 is 0 Å². The number of anilines is 2. The number of nitrogens with one attached hydrogen (secondary N) is 1. The topological polar surface area (TPSA) is 42.2 Å². The average molecular weight is 339 g/mol. The third kappa shape index (κ3) is 2.70. The summed E-state index contributed by atoms with van der Waals surface area (Å²) >= 11 is 6.13. The van der Waals surface area contributed by atoms with Gasteiger partial charge in [0.2, 0.25) is 0 Å². The van der Waals surface area contributed by atoms with Crippen molar-refractivity contribution in [1.82, 2.24) is 14.4 Å². The first kappa shape index (κ1) is 14.7. The maximum atomic E-state index is 13.1. The molecule has 0 aliphatic rings. The van der Waals surface area contributed by atoms with Gasteiger partial charge in [-0.25, -0.2) is 9.37 Å². The van der Waals surface area contributed by atoms with Gasteiger partial charge < -0.3 is 5.32 Å². The van der Waals surface area contributed by atoms with E-state index in [1.54, 1.807) is 30.6 Å². The molecule has 0 saturated heterocycles. The maximum Gasteiger partial charge on any atom is 0.144 e. The summed E-state index contributed by atoms with van der Waals surface area (Å²) in [6, 6.07) is 15.4. The summed E-state index contributed by atoms with van der Waals surface area (Å²) < 4.78 is 15.0. The minimum atomic E-state index is -0.285. The first-order valence-corrected chi connectivity index (χ1v) is 7.70. The van der Waals surface area contributed by atoms with E-state index in [4.69, 9.17) is 11.6 Å².